The predicted molar refractivity (Wildman–Crippen MR) is 64.5 cm³/mol. The van der Waals surface area contributed by atoms with Gasteiger partial charge in [0.05, 0.1) is 10.2 Å². The lowest BCUT2D eigenvalue weighted by Crippen LogP contribution is -2.17. The highest BCUT2D eigenvalue weighted by atomic mass is 79.9. The molecule has 0 spiro atoms. The lowest BCUT2D eigenvalue weighted by atomic mass is 10.1. The molecule has 0 fully saturated rings. The molecule has 1 aromatic rings. The molecule has 2 nitrogen and oxygen atoms in total. The van der Waals surface area contributed by atoms with Crippen molar-refractivity contribution in [2.24, 2.45) is 5.92 Å². The molecule has 78 valence electrons. The van der Waals surface area contributed by atoms with E-state index >= 15 is 0 Å². The normalized spacial score (nSPS) is 12.9. The Morgan fingerprint density at radius 3 is 2.71 bits per heavy atom. The molecule has 0 aliphatic carbocycles. The van der Waals surface area contributed by atoms with Crippen molar-refractivity contribution in [3.63, 3.8) is 0 Å². The van der Waals surface area contributed by atoms with Crippen molar-refractivity contribution in [1.29, 1.82) is 0 Å². The van der Waals surface area contributed by atoms with E-state index in [1.807, 2.05) is 12.3 Å². The number of nitrogens with one attached hydrogen (secondary N) is 1. The molecule has 0 aromatic carbocycles. The van der Waals surface area contributed by atoms with Gasteiger partial charge in [-0.25, -0.2) is 0 Å². The van der Waals surface area contributed by atoms with E-state index in [0.717, 1.165) is 16.1 Å². The van der Waals surface area contributed by atoms with Gasteiger partial charge in [-0.15, -0.1) is 0 Å². The number of pyridine rings is 1. The van der Waals surface area contributed by atoms with Crippen LogP contribution in [0.5, 0.6) is 0 Å². The van der Waals surface area contributed by atoms with Gasteiger partial charge in [0.15, 0.2) is 0 Å². The molecule has 0 saturated heterocycles. The highest BCUT2D eigenvalue weighted by Gasteiger charge is 2.06. The smallest absolute Gasteiger partial charge is 0.0590 e. The zero-order valence-electron chi connectivity index (χ0n) is 8.92. The van der Waals surface area contributed by atoms with Gasteiger partial charge in [-0.2, -0.15) is 0 Å². The minimum absolute atomic E-state index is 0.494. The molecule has 3 heteroatoms. The number of hydrogen-bond donors (Lipinski definition) is 1. The molecule has 1 rings (SSSR count). The Hall–Kier alpha value is -0.570. The Morgan fingerprint density at radius 1 is 1.43 bits per heavy atom. The van der Waals surface area contributed by atoms with E-state index in [2.05, 4.69) is 47.0 Å². The third-order valence-corrected chi connectivity index (χ3v) is 2.63. The predicted octanol–water partition coefficient (Wildman–Crippen LogP) is 3.69. The van der Waals surface area contributed by atoms with E-state index in [1.54, 1.807) is 6.20 Å². The molecule has 1 unspecified atom stereocenters. The summed E-state index contributed by atoms with van der Waals surface area (Å²) >= 11 is 3.47. The number of aromatic nitrogens is 1. The third kappa shape index (κ3) is 3.66. The standard InChI is InChI=1S/C11H17BrN2/c1-8(2)6-9(3)14-11-4-5-13-7-10(11)12/h4-5,7-9H,6H2,1-3H3,(H,13,14). The first-order valence-corrected chi connectivity index (χ1v) is 5.75. The van der Waals surface area contributed by atoms with E-state index in [0.29, 0.717) is 6.04 Å². The summed E-state index contributed by atoms with van der Waals surface area (Å²) in [6, 6.07) is 2.48. The van der Waals surface area contributed by atoms with Crippen molar-refractivity contribution < 1.29 is 0 Å². The van der Waals surface area contributed by atoms with Gasteiger partial charge in [0.1, 0.15) is 0 Å². The van der Waals surface area contributed by atoms with Crippen LogP contribution in [0.4, 0.5) is 5.69 Å². The van der Waals surface area contributed by atoms with Crippen LogP contribution < -0.4 is 5.32 Å². The van der Waals surface area contributed by atoms with Gasteiger partial charge in [0, 0.05) is 18.4 Å². The SMILES string of the molecule is CC(C)CC(C)Nc1ccncc1Br. The molecule has 0 aliphatic heterocycles. The van der Waals surface area contributed by atoms with E-state index in [-0.39, 0.29) is 0 Å². The molecular formula is C11H17BrN2. The fraction of sp³-hybridized carbons (Fsp3) is 0.545. The number of nitrogens with zero attached hydrogens (tertiary/aromatic N) is 1. The van der Waals surface area contributed by atoms with Crippen molar-refractivity contribution in [2.45, 2.75) is 33.2 Å². The summed E-state index contributed by atoms with van der Waals surface area (Å²) < 4.78 is 1.02. The fourth-order valence-corrected chi connectivity index (χ4v) is 1.89. The molecular weight excluding hydrogens is 240 g/mol. The van der Waals surface area contributed by atoms with Crippen molar-refractivity contribution >= 4 is 21.6 Å². The molecule has 14 heavy (non-hydrogen) atoms. The Labute approximate surface area is 94.3 Å². The number of halogens is 1. The molecule has 0 aliphatic rings. The van der Waals surface area contributed by atoms with Crippen LogP contribution in [0.15, 0.2) is 22.9 Å². The van der Waals surface area contributed by atoms with Gasteiger partial charge < -0.3 is 5.32 Å². The zero-order chi connectivity index (χ0) is 10.6. The lowest BCUT2D eigenvalue weighted by Gasteiger charge is -2.17. The molecule has 1 heterocycles. The maximum atomic E-state index is 4.03. The van der Waals surface area contributed by atoms with Crippen molar-refractivity contribution in [3.05, 3.63) is 22.9 Å². The second-order valence-electron chi connectivity index (χ2n) is 4.03. The number of anilines is 1. The minimum atomic E-state index is 0.494. The average Bonchev–Trinajstić information content (AvgIpc) is 2.07. The van der Waals surface area contributed by atoms with Crippen LogP contribution in [0.25, 0.3) is 0 Å². The summed E-state index contributed by atoms with van der Waals surface area (Å²) in [6.07, 6.45) is 4.79. The molecule has 0 saturated carbocycles. The van der Waals surface area contributed by atoms with Crippen LogP contribution in [0.1, 0.15) is 27.2 Å². The Kier molecular flexibility index (Phi) is 4.39. The van der Waals surface area contributed by atoms with Gasteiger partial charge >= 0.3 is 0 Å². The summed E-state index contributed by atoms with van der Waals surface area (Å²) in [5, 5.41) is 3.45. The van der Waals surface area contributed by atoms with Crippen molar-refractivity contribution in [1.82, 2.24) is 4.98 Å². The lowest BCUT2D eigenvalue weighted by molar-refractivity contribution is 0.539. The highest BCUT2D eigenvalue weighted by Crippen LogP contribution is 2.21. The summed E-state index contributed by atoms with van der Waals surface area (Å²) in [4.78, 5) is 4.03. The van der Waals surface area contributed by atoms with E-state index in [9.17, 15) is 0 Å². The average molecular weight is 257 g/mol. The minimum Gasteiger partial charge on any atom is -0.382 e. The van der Waals surface area contributed by atoms with E-state index in [1.165, 1.54) is 6.42 Å². The van der Waals surface area contributed by atoms with E-state index in [4.69, 9.17) is 0 Å². The highest BCUT2D eigenvalue weighted by molar-refractivity contribution is 9.10. The van der Waals surface area contributed by atoms with E-state index < -0.39 is 0 Å². The van der Waals surface area contributed by atoms with Crippen LogP contribution in [0.3, 0.4) is 0 Å². The van der Waals surface area contributed by atoms with Gasteiger partial charge in [0.25, 0.3) is 0 Å². The first kappa shape index (κ1) is 11.5. The van der Waals surface area contributed by atoms with Crippen LogP contribution in [-0.4, -0.2) is 11.0 Å². The topological polar surface area (TPSA) is 24.9 Å². The Bertz CT molecular complexity index is 286. The van der Waals surface area contributed by atoms with Crippen LogP contribution in [0, 0.1) is 5.92 Å². The molecule has 0 radical (unpaired) electrons. The summed E-state index contributed by atoms with van der Waals surface area (Å²) in [5.41, 5.74) is 1.12. The van der Waals surface area contributed by atoms with Crippen molar-refractivity contribution in [3.8, 4) is 0 Å². The maximum absolute atomic E-state index is 4.03. The van der Waals surface area contributed by atoms with Gasteiger partial charge in [-0.1, -0.05) is 13.8 Å². The molecule has 1 atom stereocenters. The first-order valence-electron chi connectivity index (χ1n) is 4.95. The quantitative estimate of drug-likeness (QED) is 0.889. The van der Waals surface area contributed by atoms with Gasteiger partial charge in [0.2, 0.25) is 0 Å². The molecule has 0 amide bonds. The molecule has 1 N–H and O–H groups in total. The Morgan fingerprint density at radius 2 is 2.14 bits per heavy atom. The van der Waals surface area contributed by atoms with Crippen LogP contribution >= 0.6 is 15.9 Å². The summed E-state index contributed by atoms with van der Waals surface area (Å²) in [5.74, 6) is 0.720. The fourth-order valence-electron chi connectivity index (χ4n) is 1.52. The second kappa shape index (κ2) is 5.35. The molecule has 1 aromatic heterocycles. The van der Waals surface area contributed by atoms with Crippen LogP contribution in [-0.2, 0) is 0 Å². The second-order valence-corrected chi connectivity index (χ2v) is 4.88. The maximum Gasteiger partial charge on any atom is 0.0590 e. The van der Waals surface area contributed by atoms with Gasteiger partial charge in [-0.3, -0.25) is 4.98 Å². The molecule has 0 bridgehead atoms. The zero-order valence-corrected chi connectivity index (χ0v) is 10.5. The summed E-state index contributed by atoms with van der Waals surface area (Å²) in [6.45, 7) is 6.67. The van der Waals surface area contributed by atoms with Crippen molar-refractivity contribution in [2.75, 3.05) is 5.32 Å². The number of hydrogen-bond acceptors (Lipinski definition) is 2. The first-order chi connectivity index (χ1) is 6.59. The Balaban J connectivity index is 2.56. The largest absolute Gasteiger partial charge is 0.382 e. The monoisotopic (exact) mass is 256 g/mol. The van der Waals surface area contributed by atoms with Crippen LogP contribution in [0.2, 0.25) is 0 Å². The summed E-state index contributed by atoms with van der Waals surface area (Å²) in [7, 11) is 0. The third-order valence-electron chi connectivity index (χ3n) is 2.00. The van der Waals surface area contributed by atoms with Gasteiger partial charge in [-0.05, 0) is 41.3 Å². The number of rotatable bonds is 4.